The lowest BCUT2D eigenvalue weighted by Crippen LogP contribution is -2.17. The minimum atomic E-state index is -0.430. The van der Waals surface area contributed by atoms with Crippen LogP contribution < -0.4 is 11.1 Å². The summed E-state index contributed by atoms with van der Waals surface area (Å²) in [6, 6.07) is 31.9. The molecule has 206 valence electrons. The normalized spacial score (nSPS) is 13.6. The molecular weight excluding hydrogens is 518 g/mol. The van der Waals surface area contributed by atoms with E-state index in [2.05, 4.69) is 83.1 Å². The molecule has 0 fully saturated rings. The molecule has 0 bridgehead atoms. The Hall–Kier alpha value is -5.23. The summed E-state index contributed by atoms with van der Waals surface area (Å²) >= 11 is 0. The number of primary amides is 1. The molecule has 1 aliphatic rings. The summed E-state index contributed by atoms with van der Waals surface area (Å²) < 4.78 is 2.00. The summed E-state index contributed by atoms with van der Waals surface area (Å²) in [5.41, 5.74) is 16.8. The van der Waals surface area contributed by atoms with Crippen molar-refractivity contribution in [1.29, 1.82) is 0 Å². The highest BCUT2D eigenvalue weighted by molar-refractivity contribution is 5.98. The molecule has 4 aromatic carbocycles. The molecule has 1 atom stereocenters. The number of pyridine rings is 1. The van der Waals surface area contributed by atoms with E-state index in [1.807, 2.05) is 35.2 Å². The van der Waals surface area contributed by atoms with Crippen molar-refractivity contribution in [2.45, 2.75) is 25.3 Å². The third-order valence-corrected chi connectivity index (χ3v) is 8.29. The van der Waals surface area contributed by atoms with E-state index in [4.69, 9.17) is 10.7 Å². The molecule has 0 aliphatic heterocycles. The zero-order valence-corrected chi connectivity index (χ0v) is 23.2. The van der Waals surface area contributed by atoms with Gasteiger partial charge in [-0.1, -0.05) is 66.7 Å². The van der Waals surface area contributed by atoms with Gasteiger partial charge in [-0.05, 0) is 70.5 Å². The zero-order chi connectivity index (χ0) is 28.5. The molecule has 6 aromatic rings. The molecule has 1 amide bonds. The second-order valence-electron chi connectivity index (χ2n) is 10.8. The smallest absolute Gasteiger partial charge is 0.250 e. The van der Waals surface area contributed by atoms with E-state index in [0.717, 1.165) is 41.5 Å². The number of nitrogens with two attached hydrogens (primary N) is 1. The standard InChI is InChI=1S/C36H31N5O/c37-36(42)32-15-13-24(20-34(32)39-17-19-41-18-16-38-23-41)12-14-29-28-7-2-3-8-30(28)35-27(9-5-10-31(29)35)26-21-25-6-1-4-11-33(25)40-22-26/h1-11,13,15-16,18,20-23,29,39H,12,14,17,19H2,(H2,37,42). The van der Waals surface area contributed by atoms with Crippen molar-refractivity contribution >= 4 is 22.5 Å². The maximum Gasteiger partial charge on any atom is 0.250 e. The third kappa shape index (κ3) is 4.81. The van der Waals surface area contributed by atoms with Gasteiger partial charge in [-0.3, -0.25) is 9.78 Å². The molecule has 7 rings (SSSR count). The van der Waals surface area contributed by atoms with Crippen molar-refractivity contribution in [2.75, 3.05) is 11.9 Å². The van der Waals surface area contributed by atoms with Gasteiger partial charge < -0.3 is 15.6 Å². The van der Waals surface area contributed by atoms with Crippen LogP contribution in [-0.4, -0.2) is 27.0 Å². The maximum absolute atomic E-state index is 12.2. The Labute approximate surface area is 244 Å². The van der Waals surface area contributed by atoms with Gasteiger partial charge in [0.2, 0.25) is 0 Å². The average Bonchev–Trinajstić information content (AvgIpc) is 3.66. The van der Waals surface area contributed by atoms with Gasteiger partial charge in [0, 0.05) is 54.2 Å². The summed E-state index contributed by atoms with van der Waals surface area (Å²) in [5.74, 6) is -0.154. The summed E-state index contributed by atoms with van der Waals surface area (Å²) in [6.45, 7) is 1.41. The quantitative estimate of drug-likeness (QED) is 0.202. The summed E-state index contributed by atoms with van der Waals surface area (Å²) in [6.07, 6.45) is 9.29. The van der Waals surface area contributed by atoms with Crippen LogP contribution in [0, 0.1) is 0 Å². The van der Waals surface area contributed by atoms with Gasteiger partial charge in [-0.15, -0.1) is 0 Å². The number of amides is 1. The van der Waals surface area contributed by atoms with Gasteiger partial charge in [0.25, 0.3) is 5.91 Å². The number of anilines is 1. The van der Waals surface area contributed by atoms with Crippen molar-refractivity contribution in [1.82, 2.24) is 14.5 Å². The van der Waals surface area contributed by atoms with Crippen molar-refractivity contribution in [2.24, 2.45) is 5.73 Å². The first-order chi connectivity index (χ1) is 20.7. The Morgan fingerprint density at radius 1 is 0.905 bits per heavy atom. The number of benzene rings is 4. The third-order valence-electron chi connectivity index (χ3n) is 8.29. The lowest BCUT2D eigenvalue weighted by Gasteiger charge is -2.16. The molecule has 6 heteroatoms. The van der Waals surface area contributed by atoms with Crippen molar-refractivity contribution in [3.05, 3.63) is 138 Å². The first-order valence-electron chi connectivity index (χ1n) is 14.4. The second-order valence-corrected chi connectivity index (χ2v) is 10.8. The molecule has 42 heavy (non-hydrogen) atoms. The van der Waals surface area contributed by atoms with Crippen molar-refractivity contribution in [3.8, 4) is 22.3 Å². The summed E-state index contributed by atoms with van der Waals surface area (Å²) in [5, 5.41) is 4.56. The molecule has 1 aliphatic carbocycles. The predicted molar refractivity (Wildman–Crippen MR) is 168 cm³/mol. The van der Waals surface area contributed by atoms with Crippen molar-refractivity contribution in [3.63, 3.8) is 0 Å². The zero-order valence-electron chi connectivity index (χ0n) is 23.2. The number of hydrogen-bond donors (Lipinski definition) is 2. The van der Waals surface area contributed by atoms with Gasteiger partial charge in [0.15, 0.2) is 0 Å². The van der Waals surface area contributed by atoms with Gasteiger partial charge in [0.05, 0.1) is 17.4 Å². The van der Waals surface area contributed by atoms with Crippen LogP contribution in [-0.2, 0) is 13.0 Å². The van der Waals surface area contributed by atoms with Crippen LogP contribution in [0.25, 0.3) is 33.2 Å². The number of aryl methyl sites for hydroxylation is 1. The number of carbonyl (C=O) groups excluding carboxylic acids is 1. The number of aromatic nitrogens is 3. The fourth-order valence-corrected chi connectivity index (χ4v) is 6.28. The Bertz CT molecular complexity index is 1910. The highest BCUT2D eigenvalue weighted by Gasteiger charge is 2.30. The molecule has 0 radical (unpaired) electrons. The fourth-order valence-electron chi connectivity index (χ4n) is 6.28. The fraction of sp³-hybridized carbons (Fsp3) is 0.139. The first-order valence-corrected chi connectivity index (χ1v) is 14.4. The van der Waals surface area contributed by atoms with E-state index in [9.17, 15) is 4.79 Å². The summed E-state index contributed by atoms with van der Waals surface area (Å²) in [7, 11) is 0. The van der Waals surface area contributed by atoms with E-state index in [1.165, 1.54) is 33.4 Å². The molecule has 0 spiro atoms. The monoisotopic (exact) mass is 549 g/mol. The number of hydrogen-bond acceptors (Lipinski definition) is 4. The van der Waals surface area contributed by atoms with E-state index in [-0.39, 0.29) is 5.92 Å². The number of para-hydroxylation sites is 1. The number of imidazole rings is 1. The van der Waals surface area contributed by atoms with E-state index >= 15 is 0 Å². The van der Waals surface area contributed by atoms with Crippen LogP contribution in [0.4, 0.5) is 5.69 Å². The molecule has 0 saturated carbocycles. The number of carbonyl (C=O) groups is 1. The van der Waals surface area contributed by atoms with Crippen LogP contribution in [0.15, 0.2) is 116 Å². The number of nitrogens with zero attached hydrogens (tertiary/aromatic N) is 3. The molecule has 2 aromatic heterocycles. The molecule has 0 saturated heterocycles. The van der Waals surface area contributed by atoms with Crippen LogP contribution >= 0.6 is 0 Å². The van der Waals surface area contributed by atoms with E-state index < -0.39 is 5.91 Å². The number of fused-ring (bicyclic) bond motifs is 4. The highest BCUT2D eigenvalue weighted by atomic mass is 16.1. The predicted octanol–water partition coefficient (Wildman–Crippen LogP) is 7.05. The molecule has 3 N–H and O–H groups in total. The van der Waals surface area contributed by atoms with Crippen LogP contribution in [0.1, 0.15) is 39.4 Å². The van der Waals surface area contributed by atoms with Crippen LogP contribution in [0.2, 0.25) is 0 Å². The number of rotatable bonds is 9. The van der Waals surface area contributed by atoms with Gasteiger partial charge >= 0.3 is 0 Å². The molecular formula is C36H31N5O. The lowest BCUT2D eigenvalue weighted by molar-refractivity contribution is 0.100. The largest absolute Gasteiger partial charge is 0.383 e. The highest BCUT2D eigenvalue weighted by Crippen LogP contribution is 2.50. The van der Waals surface area contributed by atoms with E-state index in [1.54, 1.807) is 12.5 Å². The maximum atomic E-state index is 12.2. The van der Waals surface area contributed by atoms with Gasteiger partial charge in [-0.25, -0.2) is 4.98 Å². The first kappa shape index (κ1) is 25.7. The number of nitrogens with one attached hydrogen (secondary N) is 1. The summed E-state index contributed by atoms with van der Waals surface area (Å²) in [4.78, 5) is 21.0. The van der Waals surface area contributed by atoms with Crippen LogP contribution in [0.5, 0.6) is 0 Å². The Balaban J connectivity index is 1.18. The van der Waals surface area contributed by atoms with Crippen LogP contribution in [0.3, 0.4) is 0 Å². The van der Waals surface area contributed by atoms with Gasteiger partial charge in [-0.2, -0.15) is 0 Å². The van der Waals surface area contributed by atoms with Crippen molar-refractivity contribution < 1.29 is 4.79 Å². The minimum absolute atomic E-state index is 0.276. The van der Waals surface area contributed by atoms with Gasteiger partial charge in [0.1, 0.15) is 0 Å². The Morgan fingerprint density at radius 3 is 2.62 bits per heavy atom. The Kier molecular flexibility index (Phi) is 6.72. The molecule has 6 nitrogen and oxygen atoms in total. The molecule has 1 unspecified atom stereocenters. The van der Waals surface area contributed by atoms with E-state index in [0.29, 0.717) is 12.1 Å². The topological polar surface area (TPSA) is 85.8 Å². The average molecular weight is 550 g/mol. The second kappa shape index (κ2) is 11.0. The Morgan fingerprint density at radius 2 is 1.74 bits per heavy atom. The lowest BCUT2D eigenvalue weighted by atomic mass is 9.89. The SMILES string of the molecule is NC(=O)c1ccc(CCC2c3ccccc3-c3c(-c4cnc5ccccc5c4)cccc32)cc1NCCn1ccnc1. The minimum Gasteiger partial charge on any atom is -0.383 e. The molecule has 2 heterocycles.